The van der Waals surface area contributed by atoms with Gasteiger partial charge < -0.3 is 47.4 Å². The average molecular weight is 829 g/mol. The first-order valence-electron chi connectivity index (χ1n) is 20.7. The number of H-pyrrole nitrogens is 2. The number of amides is 6. The van der Waals surface area contributed by atoms with Crippen LogP contribution in [0.15, 0.2) is 60.9 Å². The minimum absolute atomic E-state index is 0.0755. The van der Waals surface area contributed by atoms with Crippen LogP contribution >= 0.6 is 0 Å². The van der Waals surface area contributed by atoms with Crippen molar-refractivity contribution in [2.24, 2.45) is 5.73 Å². The normalized spacial score (nSPS) is 13.5. The van der Waals surface area contributed by atoms with Crippen molar-refractivity contribution < 1.29 is 38.7 Å². The molecule has 2 heterocycles. The zero-order valence-electron chi connectivity index (χ0n) is 35.0. The molecule has 2 aromatic heterocycles. The highest BCUT2D eigenvalue weighted by Crippen LogP contribution is 2.21. The van der Waals surface area contributed by atoms with Gasteiger partial charge in [-0.2, -0.15) is 0 Å². The summed E-state index contributed by atoms with van der Waals surface area (Å²) in [7, 11) is 0. The first-order chi connectivity index (χ1) is 28.5. The number of primary amides is 1. The number of rotatable bonds is 24. The van der Waals surface area contributed by atoms with Crippen molar-refractivity contribution in [1.29, 1.82) is 0 Å². The zero-order valence-corrected chi connectivity index (χ0v) is 35.0. The van der Waals surface area contributed by atoms with Crippen molar-refractivity contribution in [3.8, 4) is 0 Å². The molecule has 0 aliphatic rings. The van der Waals surface area contributed by atoms with E-state index in [0.29, 0.717) is 12.0 Å². The number of carboxylic acids is 1. The number of nitrogens with one attached hydrogen (secondary N) is 7. The van der Waals surface area contributed by atoms with Gasteiger partial charge in [0, 0.05) is 59.0 Å². The Morgan fingerprint density at radius 3 is 1.57 bits per heavy atom. The Hall–Kier alpha value is -6.19. The van der Waals surface area contributed by atoms with Gasteiger partial charge in [-0.15, -0.1) is 0 Å². The third-order valence-corrected chi connectivity index (χ3v) is 10.0. The quantitative estimate of drug-likeness (QED) is 0.0469. The first-order valence-corrected chi connectivity index (χ1v) is 20.7. The lowest BCUT2D eigenvalue weighted by Gasteiger charge is -2.27. The van der Waals surface area contributed by atoms with E-state index in [4.69, 9.17) is 5.73 Å². The Labute approximate surface area is 350 Å². The average Bonchev–Trinajstić information content (AvgIpc) is 3.79. The highest BCUT2D eigenvalue weighted by molar-refractivity contribution is 5.98. The predicted octanol–water partition coefficient (Wildman–Crippen LogP) is 3.78. The van der Waals surface area contributed by atoms with Crippen LogP contribution < -0.4 is 32.3 Å². The van der Waals surface area contributed by atoms with E-state index in [0.717, 1.165) is 59.5 Å². The van der Waals surface area contributed by atoms with Crippen LogP contribution in [0.1, 0.15) is 103 Å². The molecule has 4 rings (SSSR count). The van der Waals surface area contributed by atoms with E-state index >= 15 is 0 Å². The van der Waals surface area contributed by atoms with Gasteiger partial charge in [-0.1, -0.05) is 81.8 Å². The molecule has 0 radical (unpaired) electrons. The number of aliphatic carboxylic acids is 1. The third-order valence-electron chi connectivity index (χ3n) is 10.0. The molecule has 0 saturated carbocycles. The van der Waals surface area contributed by atoms with Gasteiger partial charge >= 0.3 is 5.97 Å². The van der Waals surface area contributed by atoms with Crippen LogP contribution in [-0.4, -0.2) is 86.2 Å². The van der Waals surface area contributed by atoms with E-state index in [9.17, 15) is 38.7 Å². The summed E-state index contributed by atoms with van der Waals surface area (Å²) in [5.74, 6) is -6.02. The van der Waals surface area contributed by atoms with Gasteiger partial charge in [0.15, 0.2) is 0 Å². The Kier molecular flexibility index (Phi) is 17.2. The summed E-state index contributed by atoms with van der Waals surface area (Å²) >= 11 is 0. The van der Waals surface area contributed by atoms with Crippen LogP contribution in [0.4, 0.5) is 0 Å². The highest BCUT2D eigenvalue weighted by Gasteiger charge is 2.34. The SMILES string of the molecule is CCCCCCCCCC(=O)NC(Cc1c[nH]c2ccccc12)C(=O)NC(Cc1c[nH]c2ccccc12)C(=O)NC(CC(N)=O)C(=O)NC(CC(=O)O)C(=O)NC(C)(C)C. The number of benzene rings is 2. The summed E-state index contributed by atoms with van der Waals surface area (Å²) in [5.41, 5.74) is 7.76. The smallest absolute Gasteiger partial charge is 0.305 e. The van der Waals surface area contributed by atoms with Gasteiger partial charge in [-0.25, -0.2) is 0 Å². The maximum absolute atomic E-state index is 14.4. The molecule has 16 heteroatoms. The Balaban J connectivity index is 1.61. The van der Waals surface area contributed by atoms with Crippen LogP contribution in [0.25, 0.3) is 21.8 Å². The molecular weight excluding hydrogens is 769 g/mol. The molecular formula is C44H60N8O8. The van der Waals surface area contributed by atoms with E-state index in [1.807, 2.05) is 48.5 Å². The molecule has 0 bridgehead atoms. The molecule has 0 spiro atoms. The number of aromatic nitrogens is 2. The summed E-state index contributed by atoms with van der Waals surface area (Å²) in [6.45, 7) is 7.18. The molecule has 0 aliphatic heterocycles. The fourth-order valence-corrected chi connectivity index (χ4v) is 7.04. The lowest BCUT2D eigenvalue weighted by atomic mass is 10.0. The molecule has 16 nitrogen and oxygen atoms in total. The predicted molar refractivity (Wildman–Crippen MR) is 228 cm³/mol. The van der Waals surface area contributed by atoms with Gasteiger partial charge in [0.1, 0.15) is 24.2 Å². The Morgan fingerprint density at radius 1 is 0.617 bits per heavy atom. The van der Waals surface area contributed by atoms with Gasteiger partial charge in [0.2, 0.25) is 35.4 Å². The van der Waals surface area contributed by atoms with Crippen LogP contribution in [-0.2, 0) is 46.4 Å². The Morgan fingerprint density at radius 2 is 1.07 bits per heavy atom. The van der Waals surface area contributed by atoms with Crippen LogP contribution in [0.2, 0.25) is 0 Å². The van der Waals surface area contributed by atoms with Crippen molar-refractivity contribution >= 4 is 63.2 Å². The summed E-state index contributed by atoms with van der Waals surface area (Å²) in [4.78, 5) is 99.0. The van der Waals surface area contributed by atoms with Crippen molar-refractivity contribution in [2.75, 3.05) is 0 Å². The van der Waals surface area contributed by atoms with E-state index in [2.05, 4.69) is 43.5 Å². The second kappa shape index (κ2) is 22.3. The topological polar surface area (TPSA) is 257 Å². The van der Waals surface area contributed by atoms with E-state index in [1.54, 1.807) is 33.2 Å². The van der Waals surface area contributed by atoms with Gasteiger partial charge in [-0.3, -0.25) is 33.6 Å². The largest absolute Gasteiger partial charge is 0.481 e. The number of nitrogens with two attached hydrogens (primary N) is 1. The second-order valence-corrected chi connectivity index (χ2v) is 16.3. The molecule has 4 unspecified atom stereocenters. The van der Waals surface area contributed by atoms with Crippen LogP contribution in [0.5, 0.6) is 0 Å². The van der Waals surface area contributed by atoms with E-state index < -0.39 is 78.1 Å². The van der Waals surface area contributed by atoms with Crippen molar-refractivity contribution in [3.05, 3.63) is 72.1 Å². The number of unbranched alkanes of at least 4 members (excludes halogenated alkanes) is 6. The zero-order chi connectivity index (χ0) is 43.8. The summed E-state index contributed by atoms with van der Waals surface area (Å²) in [6.07, 6.45) is 9.31. The van der Waals surface area contributed by atoms with E-state index in [1.165, 1.54) is 6.42 Å². The van der Waals surface area contributed by atoms with Crippen LogP contribution in [0, 0.1) is 0 Å². The third kappa shape index (κ3) is 14.6. The van der Waals surface area contributed by atoms with Gasteiger partial charge in [0.25, 0.3) is 0 Å². The maximum atomic E-state index is 14.4. The number of carbonyl (C=O) groups is 7. The number of fused-ring (bicyclic) bond motifs is 2. The molecule has 0 saturated heterocycles. The Bertz CT molecular complexity index is 2120. The molecule has 10 N–H and O–H groups in total. The summed E-state index contributed by atoms with van der Waals surface area (Å²) in [5, 5.41) is 24.3. The van der Waals surface area contributed by atoms with Gasteiger partial charge in [-0.05, 0) is 50.5 Å². The molecule has 2 aromatic carbocycles. The minimum Gasteiger partial charge on any atom is -0.481 e. The number of carboxylic acid groups (broad SMARTS) is 1. The van der Waals surface area contributed by atoms with Crippen molar-refractivity contribution in [1.82, 2.24) is 36.6 Å². The number of para-hydroxylation sites is 2. The molecule has 4 atom stereocenters. The maximum Gasteiger partial charge on any atom is 0.305 e. The fraction of sp³-hybridized carbons (Fsp3) is 0.477. The molecule has 0 aliphatic carbocycles. The van der Waals surface area contributed by atoms with Crippen LogP contribution in [0.3, 0.4) is 0 Å². The standard InChI is InChI=1S/C44H60N8O8/c1-5-6-7-8-9-10-11-20-38(54)48-33(21-27-25-46-31-18-14-12-16-29(27)31)40(57)49-34(22-28-26-47-32-19-15-13-17-30(28)32)41(58)50-35(23-37(45)53)42(59)51-36(24-39(55)56)43(60)52-44(2,3)4/h12-19,25-26,33-36,46-47H,5-11,20-24H2,1-4H3,(H2,45,53)(H,48,54)(H,49,57)(H,50,58)(H,51,59)(H,52,60)(H,55,56). The highest BCUT2D eigenvalue weighted by atomic mass is 16.4. The fourth-order valence-electron chi connectivity index (χ4n) is 7.04. The molecule has 6 amide bonds. The van der Waals surface area contributed by atoms with E-state index in [-0.39, 0.29) is 25.2 Å². The first kappa shape index (κ1) is 46.5. The van der Waals surface area contributed by atoms with Crippen molar-refractivity contribution in [2.45, 2.75) is 134 Å². The molecule has 324 valence electrons. The number of hydrogen-bond acceptors (Lipinski definition) is 7. The molecule has 60 heavy (non-hydrogen) atoms. The van der Waals surface area contributed by atoms with Gasteiger partial charge in [0.05, 0.1) is 12.8 Å². The lowest BCUT2D eigenvalue weighted by Crippen LogP contribution is -2.60. The van der Waals surface area contributed by atoms with Crippen molar-refractivity contribution in [3.63, 3.8) is 0 Å². The summed E-state index contributed by atoms with van der Waals surface area (Å²) in [6, 6.07) is 9.23. The molecule has 0 fully saturated rings. The lowest BCUT2D eigenvalue weighted by molar-refractivity contribution is -0.141. The number of aromatic amines is 2. The number of hydrogen-bond donors (Lipinski definition) is 9. The monoisotopic (exact) mass is 828 g/mol. The molecule has 4 aromatic rings. The summed E-state index contributed by atoms with van der Waals surface area (Å²) < 4.78 is 0. The minimum atomic E-state index is -1.65. The second-order valence-electron chi connectivity index (χ2n) is 16.3. The number of carbonyl (C=O) groups excluding carboxylic acids is 6.